The molecular weight excluding hydrogens is 263 g/mol. The molecule has 3 rings (SSSR count). The van der Waals surface area contributed by atoms with Crippen molar-refractivity contribution >= 4 is 0 Å². The molecule has 0 radical (unpaired) electrons. The fraction of sp³-hybridized carbons (Fsp3) is 0.667. The quantitative estimate of drug-likeness (QED) is 0.781. The SMILES string of the molecule is CC(C)(C)N1CCC(N2CCc3cc(F)ccc3C2)CC1. The molecule has 0 amide bonds. The van der Waals surface area contributed by atoms with Crippen LogP contribution >= 0.6 is 0 Å². The van der Waals surface area contributed by atoms with Crippen molar-refractivity contribution in [1.82, 2.24) is 9.80 Å². The normalized spacial score (nSPS) is 22.3. The Bertz CT molecular complexity index is 498. The average molecular weight is 290 g/mol. The lowest BCUT2D eigenvalue weighted by atomic mass is 9.93. The zero-order valence-corrected chi connectivity index (χ0v) is 13.5. The monoisotopic (exact) mass is 290 g/mol. The van der Waals surface area contributed by atoms with Crippen molar-refractivity contribution in [2.24, 2.45) is 0 Å². The molecule has 0 aromatic heterocycles. The fourth-order valence-corrected chi connectivity index (χ4v) is 3.76. The summed E-state index contributed by atoms with van der Waals surface area (Å²) in [5.74, 6) is -0.0966. The van der Waals surface area contributed by atoms with Crippen LogP contribution in [0.4, 0.5) is 4.39 Å². The van der Waals surface area contributed by atoms with Crippen LogP contribution in [0.15, 0.2) is 18.2 Å². The maximum Gasteiger partial charge on any atom is 0.123 e. The molecule has 2 aliphatic rings. The molecule has 0 saturated carbocycles. The van der Waals surface area contributed by atoms with Gasteiger partial charge < -0.3 is 0 Å². The minimum Gasteiger partial charge on any atom is -0.298 e. The summed E-state index contributed by atoms with van der Waals surface area (Å²) in [6.07, 6.45) is 3.51. The van der Waals surface area contributed by atoms with Gasteiger partial charge in [-0.25, -0.2) is 4.39 Å². The van der Waals surface area contributed by atoms with Crippen LogP contribution in [0.25, 0.3) is 0 Å². The van der Waals surface area contributed by atoms with E-state index in [0.29, 0.717) is 6.04 Å². The van der Waals surface area contributed by atoms with Gasteiger partial charge in [0.1, 0.15) is 5.82 Å². The van der Waals surface area contributed by atoms with E-state index in [2.05, 4.69) is 30.6 Å². The van der Waals surface area contributed by atoms with Crippen LogP contribution in [-0.2, 0) is 13.0 Å². The smallest absolute Gasteiger partial charge is 0.123 e. The fourth-order valence-electron chi connectivity index (χ4n) is 3.76. The Kier molecular flexibility index (Phi) is 4.06. The topological polar surface area (TPSA) is 6.48 Å². The highest BCUT2D eigenvalue weighted by Gasteiger charge is 2.31. The van der Waals surface area contributed by atoms with Crippen LogP contribution in [-0.4, -0.2) is 41.0 Å². The third-order valence-corrected chi connectivity index (χ3v) is 5.14. The van der Waals surface area contributed by atoms with Crippen molar-refractivity contribution in [3.05, 3.63) is 35.1 Å². The van der Waals surface area contributed by atoms with Gasteiger partial charge in [-0.15, -0.1) is 0 Å². The van der Waals surface area contributed by atoms with Crippen molar-refractivity contribution in [3.8, 4) is 0 Å². The highest BCUT2D eigenvalue weighted by Crippen LogP contribution is 2.27. The van der Waals surface area contributed by atoms with Crippen LogP contribution in [0.1, 0.15) is 44.7 Å². The van der Waals surface area contributed by atoms with Crippen LogP contribution in [0, 0.1) is 5.82 Å². The molecule has 0 spiro atoms. The van der Waals surface area contributed by atoms with Crippen LogP contribution in [0.3, 0.4) is 0 Å². The molecule has 1 saturated heterocycles. The number of nitrogens with zero attached hydrogens (tertiary/aromatic N) is 2. The molecular formula is C18H27FN2. The first-order valence-corrected chi connectivity index (χ1v) is 8.20. The van der Waals surface area contributed by atoms with Crippen molar-refractivity contribution in [2.45, 2.75) is 58.2 Å². The van der Waals surface area contributed by atoms with Crippen molar-refractivity contribution in [1.29, 1.82) is 0 Å². The predicted octanol–water partition coefficient (Wildman–Crippen LogP) is 3.45. The third kappa shape index (κ3) is 3.29. The van der Waals surface area contributed by atoms with Crippen molar-refractivity contribution in [3.63, 3.8) is 0 Å². The van der Waals surface area contributed by atoms with Gasteiger partial charge >= 0.3 is 0 Å². The minimum atomic E-state index is -0.0966. The Hall–Kier alpha value is -0.930. The number of halogens is 1. The summed E-state index contributed by atoms with van der Waals surface area (Å²) in [7, 11) is 0. The first-order valence-electron chi connectivity index (χ1n) is 8.20. The number of piperidine rings is 1. The lowest BCUT2D eigenvalue weighted by Gasteiger charge is -2.45. The van der Waals surface area contributed by atoms with Crippen LogP contribution in [0.5, 0.6) is 0 Å². The van der Waals surface area contributed by atoms with Gasteiger partial charge in [-0.05, 0) is 63.3 Å². The summed E-state index contributed by atoms with van der Waals surface area (Å²) in [6.45, 7) is 11.4. The summed E-state index contributed by atoms with van der Waals surface area (Å²) < 4.78 is 13.3. The van der Waals surface area contributed by atoms with E-state index in [1.807, 2.05) is 6.07 Å². The van der Waals surface area contributed by atoms with Crippen LogP contribution < -0.4 is 0 Å². The van der Waals surface area contributed by atoms with Gasteiger partial charge in [-0.3, -0.25) is 9.80 Å². The molecule has 1 aromatic carbocycles. The molecule has 0 unspecified atom stereocenters. The Morgan fingerprint density at radius 3 is 2.43 bits per heavy atom. The highest BCUT2D eigenvalue weighted by atomic mass is 19.1. The standard InChI is InChI=1S/C18H27FN2/c1-18(2,3)21-10-7-17(8-11-21)20-9-6-14-12-16(19)5-4-15(14)13-20/h4-5,12,17H,6-11,13H2,1-3H3. The van der Waals surface area contributed by atoms with E-state index in [0.717, 1.165) is 19.5 Å². The van der Waals surface area contributed by atoms with Gasteiger partial charge in [-0.2, -0.15) is 0 Å². The van der Waals surface area contributed by atoms with E-state index >= 15 is 0 Å². The van der Waals surface area contributed by atoms with Crippen molar-refractivity contribution in [2.75, 3.05) is 19.6 Å². The number of fused-ring (bicyclic) bond motifs is 1. The number of hydrogen-bond acceptors (Lipinski definition) is 2. The van der Waals surface area contributed by atoms with E-state index in [1.165, 1.54) is 37.1 Å². The molecule has 21 heavy (non-hydrogen) atoms. The molecule has 1 fully saturated rings. The van der Waals surface area contributed by atoms with Crippen molar-refractivity contribution < 1.29 is 4.39 Å². The maximum atomic E-state index is 13.3. The maximum absolute atomic E-state index is 13.3. The zero-order valence-electron chi connectivity index (χ0n) is 13.5. The summed E-state index contributed by atoms with van der Waals surface area (Å²) in [5.41, 5.74) is 2.82. The predicted molar refractivity (Wildman–Crippen MR) is 84.9 cm³/mol. The molecule has 3 heteroatoms. The lowest BCUT2D eigenvalue weighted by Crippen LogP contribution is -2.51. The first-order chi connectivity index (χ1) is 9.93. The summed E-state index contributed by atoms with van der Waals surface area (Å²) >= 11 is 0. The molecule has 0 atom stereocenters. The first kappa shape index (κ1) is 15.0. The Morgan fingerprint density at radius 1 is 1.05 bits per heavy atom. The molecule has 2 nitrogen and oxygen atoms in total. The van der Waals surface area contributed by atoms with E-state index < -0.39 is 0 Å². The van der Waals surface area contributed by atoms with E-state index in [1.54, 1.807) is 12.1 Å². The molecule has 0 N–H and O–H groups in total. The average Bonchev–Trinajstić information content (AvgIpc) is 2.46. The van der Waals surface area contributed by atoms with Gasteiger partial charge in [0.25, 0.3) is 0 Å². The molecule has 2 heterocycles. The third-order valence-electron chi connectivity index (χ3n) is 5.14. The van der Waals surface area contributed by atoms with E-state index in [9.17, 15) is 4.39 Å². The largest absolute Gasteiger partial charge is 0.298 e. The van der Waals surface area contributed by atoms with Gasteiger partial charge in [0, 0.05) is 37.8 Å². The van der Waals surface area contributed by atoms with Gasteiger partial charge in [0.2, 0.25) is 0 Å². The summed E-state index contributed by atoms with van der Waals surface area (Å²) in [4.78, 5) is 5.21. The minimum absolute atomic E-state index is 0.0966. The second-order valence-electron chi connectivity index (χ2n) is 7.52. The number of likely N-dealkylation sites (tertiary alicyclic amines) is 1. The number of rotatable bonds is 1. The van der Waals surface area contributed by atoms with Crippen LogP contribution in [0.2, 0.25) is 0 Å². The molecule has 2 aliphatic heterocycles. The molecule has 0 bridgehead atoms. The Labute approximate surface area is 127 Å². The summed E-state index contributed by atoms with van der Waals surface area (Å²) in [6, 6.07) is 5.99. The molecule has 1 aromatic rings. The van der Waals surface area contributed by atoms with E-state index in [4.69, 9.17) is 0 Å². The second-order valence-corrected chi connectivity index (χ2v) is 7.52. The van der Waals surface area contributed by atoms with Gasteiger partial charge in [0.05, 0.1) is 0 Å². The van der Waals surface area contributed by atoms with Gasteiger partial charge in [-0.1, -0.05) is 6.07 Å². The zero-order chi connectivity index (χ0) is 15.0. The summed E-state index contributed by atoms with van der Waals surface area (Å²) in [5, 5.41) is 0. The second kappa shape index (κ2) is 5.69. The van der Waals surface area contributed by atoms with E-state index in [-0.39, 0.29) is 11.4 Å². The van der Waals surface area contributed by atoms with Gasteiger partial charge in [0.15, 0.2) is 0 Å². The number of hydrogen-bond donors (Lipinski definition) is 0. The Balaban J connectivity index is 1.61. The molecule has 116 valence electrons. The lowest BCUT2D eigenvalue weighted by molar-refractivity contribution is 0.0511. The Morgan fingerprint density at radius 2 is 1.76 bits per heavy atom. The highest BCUT2D eigenvalue weighted by molar-refractivity contribution is 5.30. The molecule has 0 aliphatic carbocycles. The number of benzene rings is 1.